The monoisotopic (exact) mass is 353 g/mol. The number of likely N-dealkylation sites (N-methyl/N-ethyl adjacent to an activating group) is 1. The van der Waals surface area contributed by atoms with Crippen LogP contribution in [-0.2, 0) is 4.79 Å². The van der Waals surface area contributed by atoms with E-state index in [0.29, 0.717) is 0 Å². The van der Waals surface area contributed by atoms with Gasteiger partial charge in [0.05, 0.1) is 17.9 Å². The van der Waals surface area contributed by atoms with Crippen LogP contribution in [0.1, 0.15) is 18.5 Å². The zero-order valence-electron chi connectivity index (χ0n) is 14.6. The Hall–Kier alpha value is -3.06. The molecule has 1 heterocycles. The smallest absolute Gasteiger partial charge is 0.238 e. The van der Waals surface area contributed by atoms with Crippen molar-refractivity contribution >= 4 is 11.6 Å². The van der Waals surface area contributed by atoms with E-state index in [0.717, 1.165) is 11.3 Å². The second-order valence-electron chi connectivity index (χ2n) is 6.05. The van der Waals surface area contributed by atoms with Crippen molar-refractivity contribution in [3.05, 3.63) is 72.6 Å². The summed E-state index contributed by atoms with van der Waals surface area (Å²) in [6.07, 6.45) is 3.12. The minimum absolute atomic E-state index is 0.0196. The fourth-order valence-electron chi connectivity index (χ4n) is 2.62. The van der Waals surface area contributed by atoms with Gasteiger partial charge in [-0.05, 0) is 43.8 Å². The summed E-state index contributed by atoms with van der Waals surface area (Å²) in [5.74, 6) is -0.705. The molecule has 0 fully saturated rings. The van der Waals surface area contributed by atoms with Crippen molar-refractivity contribution < 1.29 is 9.18 Å². The summed E-state index contributed by atoms with van der Waals surface area (Å²) < 4.78 is 15.3. The fraction of sp³-hybridized carbons (Fsp3) is 0.211. The Bertz CT molecular complexity index is 864. The number of halogens is 1. The molecule has 0 aliphatic rings. The first-order valence-electron chi connectivity index (χ1n) is 8.24. The molecule has 0 saturated heterocycles. The van der Waals surface area contributed by atoms with Crippen LogP contribution < -0.4 is 5.32 Å². The summed E-state index contributed by atoms with van der Waals surface area (Å²) in [5.41, 5.74) is 2.17. The average molecular weight is 353 g/mol. The number of nitrogens with one attached hydrogen (secondary N) is 1. The highest BCUT2D eigenvalue weighted by Gasteiger charge is 2.16. The van der Waals surface area contributed by atoms with Crippen LogP contribution in [0, 0.1) is 5.82 Å². The first-order valence-corrected chi connectivity index (χ1v) is 8.24. The van der Waals surface area contributed by atoms with Crippen molar-refractivity contribution in [2.75, 3.05) is 18.9 Å². The van der Waals surface area contributed by atoms with Gasteiger partial charge in [0, 0.05) is 6.04 Å². The number of hydrogen-bond donors (Lipinski definition) is 1. The van der Waals surface area contributed by atoms with Crippen LogP contribution in [0.4, 0.5) is 10.1 Å². The van der Waals surface area contributed by atoms with Gasteiger partial charge in [0.1, 0.15) is 18.5 Å². The van der Waals surface area contributed by atoms with Crippen LogP contribution in [0.25, 0.3) is 5.69 Å². The molecular weight excluding hydrogens is 333 g/mol. The second-order valence-corrected chi connectivity index (χ2v) is 6.05. The Balaban J connectivity index is 1.61. The largest absolute Gasteiger partial charge is 0.322 e. The standard InChI is InChI=1S/C19H20FN5O/c1-14(15-7-9-16(10-8-15)25-13-21-12-22-25)24(2)11-19(26)23-18-6-4-3-5-17(18)20/h3-10,12-14H,11H2,1-2H3,(H,23,26)/t14-/m1/s1. The molecule has 0 radical (unpaired) electrons. The van der Waals surface area contributed by atoms with Crippen LogP contribution in [0.5, 0.6) is 0 Å². The van der Waals surface area contributed by atoms with Gasteiger partial charge >= 0.3 is 0 Å². The van der Waals surface area contributed by atoms with Gasteiger partial charge in [-0.3, -0.25) is 9.69 Å². The maximum atomic E-state index is 13.6. The van der Waals surface area contributed by atoms with Crippen molar-refractivity contribution in [1.29, 1.82) is 0 Å². The van der Waals surface area contributed by atoms with Gasteiger partial charge in [0.15, 0.2) is 0 Å². The van der Waals surface area contributed by atoms with E-state index in [-0.39, 0.29) is 24.2 Å². The van der Waals surface area contributed by atoms with E-state index in [1.807, 2.05) is 43.1 Å². The van der Waals surface area contributed by atoms with E-state index in [2.05, 4.69) is 15.4 Å². The van der Waals surface area contributed by atoms with Crippen LogP contribution in [0.15, 0.2) is 61.2 Å². The van der Waals surface area contributed by atoms with E-state index < -0.39 is 5.82 Å². The molecule has 0 saturated carbocycles. The highest BCUT2D eigenvalue weighted by Crippen LogP contribution is 2.20. The predicted octanol–water partition coefficient (Wildman–Crippen LogP) is 3.04. The molecular formula is C19H20FN5O. The lowest BCUT2D eigenvalue weighted by Crippen LogP contribution is -2.32. The van der Waals surface area contributed by atoms with Gasteiger partial charge in [-0.1, -0.05) is 24.3 Å². The third kappa shape index (κ3) is 4.12. The van der Waals surface area contributed by atoms with E-state index in [4.69, 9.17) is 0 Å². The van der Waals surface area contributed by atoms with Crippen LogP contribution in [0.3, 0.4) is 0 Å². The molecule has 0 aliphatic carbocycles. The Morgan fingerprint density at radius 3 is 2.62 bits per heavy atom. The maximum absolute atomic E-state index is 13.6. The highest BCUT2D eigenvalue weighted by atomic mass is 19.1. The zero-order valence-corrected chi connectivity index (χ0v) is 14.6. The van der Waals surface area contributed by atoms with Gasteiger partial charge in [-0.25, -0.2) is 14.1 Å². The molecule has 2 aromatic carbocycles. The summed E-state index contributed by atoms with van der Waals surface area (Å²) in [5, 5.41) is 6.69. The van der Waals surface area contributed by atoms with Gasteiger partial charge in [-0.2, -0.15) is 5.10 Å². The molecule has 26 heavy (non-hydrogen) atoms. The molecule has 1 N–H and O–H groups in total. The lowest BCUT2D eigenvalue weighted by Gasteiger charge is -2.24. The van der Waals surface area contributed by atoms with Crippen LogP contribution in [-0.4, -0.2) is 39.2 Å². The lowest BCUT2D eigenvalue weighted by molar-refractivity contribution is -0.117. The molecule has 6 nitrogen and oxygen atoms in total. The average Bonchev–Trinajstić information content (AvgIpc) is 3.18. The molecule has 0 unspecified atom stereocenters. The number of anilines is 1. The number of aromatic nitrogens is 3. The molecule has 0 spiro atoms. The van der Waals surface area contributed by atoms with Gasteiger partial charge in [0.2, 0.25) is 5.91 Å². The SMILES string of the molecule is C[C@H](c1ccc(-n2cncn2)cc1)N(C)CC(=O)Nc1ccccc1F. The number of rotatable bonds is 6. The quantitative estimate of drug-likeness (QED) is 0.740. The van der Waals surface area contributed by atoms with E-state index >= 15 is 0 Å². The first-order chi connectivity index (χ1) is 12.5. The van der Waals surface area contributed by atoms with Gasteiger partial charge in [-0.15, -0.1) is 0 Å². The number of benzene rings is 2. The Kier molecular flexibility index (Phi) is 5.38. The zero-order chi connectivity index (χ0) is 18.5. The molecule has 1 atom stereocenters. The van der Waals surface area contributed by atoms with E-state index in [1.54, 1.807) is 29.2 Å². The number of amides is 1. The Morgan fingerprint density at radius 2 is 1.96 bits per heavy atom. The van der Waals surface area contributed by atoms with Crippen molar-refractivity contribution in [3.63, 3.8) is 0 Å². The number of hydrogen-bond acceptors (Lipinski definition) is 4. The normalized spacial score (nSPS) is 12.2. The van der Waals surface area contributed by atoms with E-state index in [9.17, 15) is 9.18 Å². The Labute approximate surface area is 151 Å². The van der Waals surface area contributed by atoms with Crippen LogP contribution in [0.2, 0.25) is 0 Å². The fourth-order valence-corrected chi connectivity index (χ4v) is 2.62. The molecule has 134 valence electrons. The summed E-state index contributed by atoms with van der Waals surface area (Å²) in [4.78, 5) is 18.0. The number of nitrogens with zero attached hydrogens (tertiary/aromatic N) is 4. The number of carbonyl (C=O) groups is 1. The molecule has 0 aliphatic heterocycles. The third-order valence-electron chi connectivity index (χ3n) is 4.26. The summed E-state index contributed by atoms with van der Waals surface area (Å²) in [6.45, 7) is 2.17. The molecule has 0 bridgehead atoms. The molecule has 1 amide bonds. The number of carbonyl (C=O) groups excluding carboxylic acids is 1. The minimum atomic E-state index is -0.444. The first kappa shape index (κ1) is 17.8. The van der Waals surface area contributed by atoms with E-state index in [1.165, 1.54) is 12.4 Å². The van der Waals surface area contributed by atoms with Crippen molar-refractivity contribution in [1.82, 2.24) is 19.7 Å². The second kappa shape index (κ2) is 7.88. The van der Waals surface area contributed by atoms with Gasteiger partial charge in [0.25, 0.3) is 0 Å². The highest BCUT2D eigenvalue weighted by molar-refractivity contribution is 5.92. The third-order valence-corrected chi connectivity index (χ3v) is 4.26. The Morgan fingerprint density at radius 1 is 1.23 bits per heavy atom. The maximum Gasteiger partial charge on any atom is 0.238 e. The molecule has 3 rings (SSSR count). The van der Waals surface area contributed by atoms with Crippen molar-refractivity contribution in [2.24, 2.45) is 0 Å². The summed E-state index contributed by atoms with van der Waals surface area (Å²) >= 11 is 0. The topological polar surface area (TPSA) is 63.1 Å². The van der Waals surface area contributed by atoms with Crippen LogP contribution >= 0.6 is 0 Å². The summed E-state index contributed by atoms with van der Waals surface area (Å²) in [6, 6.07) is 14.0. The summed E-state index contributed by atoms with van der Waals surface area (Å²) in [7, 11) is 1.86. The van der Waals surface area contributed by atoms with Crippen molar-refractivity contribution in [2.45, 2.75) is 13.0 Å². The molecule has 1 aromatic heterocycles. The van der Waals surface area contributed by atoms with Crippen molar-refractivity contribution in [3.8, 4) is 5.69 Å². The molecule has 3 aromatic rings. The minimum Gasteiger partial charge on any atom is -0.322 e. The lowest BCUT2D eigenvalue weighted by atomic mass is 10.1. The van der Waals surface area contributed by atoms with Gasteiger partial charge < -0.3 is 5.32 Å². The predicted molar refractivity (Wildman–Crippen MR) is 97.4 cm³/mol. The number of para-hydroxylation sites is 1. The molecule has 7 heteroatoms.